The molecule has 3 amide bonds. The highest BCUT2D eigenvalue weighted by molar-refractivity contribution is 5.99. The molecule has 1 aromatic carbocycles. The quantitative estimate of drug-likeness (QED) is 0.630. The van der Waals surface area contributed by atoms with E-state index in [0.29, 0.717) is 18.8 Å². The largest absolute Gasteiger partial charge is 0.326 e. The maximum atomic E-state index is 11.9. The van der Waals surface area contributed by atoms with Crippen molar-refractivity contribution in [3.63, 3.8) is 0 Å². The summed E-state index contributed by atoms with van der Waals surface area (Å²) in [4.78, 5) is 36.0. The van der Waals surface area contributed by atoms with Gasteiger partial charge in [-0.2, -0.15) is 0 Å². The highest BCUT2D eigenvalue weighted by atomic mass is 16.2. The minimum absolute atomic E-state index is 0.137. The molecule has 1 fully saturated rings. The molecule has 0 aromatic heterocycles. The molecule has 7 heteroatoms. The number of nitrogens with one attached hydrogen (secondary N) is 2. The maximum Gasteiger partial charge on any atom is 0.240 e. The number of rotatable bonds is 5. The standard InChI is InChI=1S/C14H18N4O3/c15-7-10-3-1-2-4-11(10)16-12(19)5-6-18-8-13(20)17-14(21)9-18/h1-4H,5-9,15H2,(H,16,19)(H,17,20,21). The van der Waals surface area contributed by atoms with Crippen LogP contribution in [0.3, 0.4) is 0 Å². The van der Waals surface area contributed by atoms with Crippen molar-refractivity contribution in [2.24, 2.45) is 5.73 Å². The lowest BCUT2D eigenvalue weighted by Gasteiger charge is -2.24. The van der Waals surface area contributed by atoms with Crippen molar-refractivity contribution < 1.29 is 14.4 Å². The molecule has 0 unspecified atom stereocenters. The minimum atomic E-state index is -0.333. The lowest BCUT2D eigenvalue weighted by atomic mass is 10.1. The summed E-state index contributed by atoms with van der Waals surface area (Å²) in [7, 11) is 0. The molecule has 0 spiro atoms. The van der Waals surface area contributed by atoms with Crippen LogP contribution >= 0.6 is 0 Å². The van der Waals surface area contributed by atoms with E-state index in [0.717, 1.165) is 5.56 Å². The molecule has 0 aliphatic carbocycles. The summed E-state index contributed by atoms with van der Waals surface area (Å²) in [5.41, 5.74) is 7.16. The third-order valence-electron chi connectivity index (χ3n) is 3.18. The molecule has 1 aliphatic rings. The number of piperazine rings is 1. The summed E-state index contributed by atoms with van der Waals surface area (Å²) in [6.07, 6.45) is 0.208. The van der Waals surface area contributed by atoms with Gasteiger partial charge in [-0.3, -0.25) is 24.6 Å². The molecule has 1 saturated heterocycles. The lowest BCUT2D eigenvalue weighted by molar-refractivity contribution is -0.136. The number of carbonyl (C=O) groups is 3. The molecule has 21 heavy (non-hydrogen) atoms. The first-order valence-electron chi connectivity index (χ1n) is 6.71. The average molecular weight is 290 g/mol. The SMILES string of the molecule is NCc1ccccc1NC(=O)CCN1CC(=O)NC(=O)C1. The van der Waals surface area contributed by atoms with Gasteiger partial charge in [0.15, 0.2) is 0 Å². The summed E-state index contributed by atoms with van der Waals surface area (Å²) in [5.74, 6) is -0.838. The Bertz CT molecular complexity index is 543. The zero-order valence-electron chi connectivity index (χ0n) is 11.6. The molecule has 0 atom stereocenters. The second-order valence-electron chi connectivity index (χ2n) is 4.84. The van der Waals surface area contributed by atoms with Crippen LogP contribution in [0.5, 0.6) is 0 Å². The molecule has 0 saturated carbocycles. The van der Waals surface area contributed by atoms with Crippen LogP contribution in [0.25, 0.3) is 0 Å². The first kappa shape index (κ1) is 15.1. The fraction of sp³-hybridized carbons (Fsp3) is 0.357. The number of anilines is 1. The third kappa shape index (κ3) is 4.37. The van der Waals surface area contributed by atoms with Gasteiger partial charge in [0, 0.05) is 25.2 Å². The summed E-state index contributed by atoms with van der Waals surface area (Å²) in [6.45, 7) is 0.976. The van der Waals surface area contributed by atoms with Crippen LogP contribution in [0.15, 0.2) is 24.3 Å². The Morgan fingerprint density at radius 3 is 2.57 bits per heavy atom. The number of carbonyl (C=O) groups excluding carboxylic acids is 3. The van der Waals surface area contributed by atoms with Gasteiger partial charge < -0.3 is 11.1 Å². The average Bonchev–Trinajstić information content (AvgIpc) is 2.45. The van der Waals surface area contributed by atoms with Crippen LogP contribution in [0.1, 0.15) is 12.0 Å². The number of hydrogen-bond acceptors (Lipinski definition) is 5. The van der Waals surface area contributed by atoms with Gasteiger partial charge in [-0.15, -0.1) is 0 Å². The molecule has 0 radical (unpaired) electrons. The minimum Gasteiger partial charge on any atom is -0.326 e. The highest BCUT2D eigenvalue weighted by Gasteiger charge is 2.22. The van der Waals surface area contributed by atoms with Crippen LogP contribution in [-0.4, -0.2) is 42.3 Å². The number of imide groups is 1. The Balaban J connectivity index is 1.85. The molecular formula is C14H18N4O3. The van der Waals surface area contributed by atoms with E-state index in [1.54, 1.807) is 11.0 Å². The van der Waals surface area contributed by atoms with E-state index in [-0.39, 0.29) is 37.2 Å². The third-order valence-corrected chi connectivity index (χ3v) is 3.18. The van der Waals surface area contributed by atoms with Crippen LogP contribution in [-0.2, 0) is 20.9 Å². The van der Waals surface area contributed by atoms with E-state index in [4.69, 9.17) is 5.73 Å². The molecule has 2 rings (SSSR count). The molecule has 7 nitrogen and oxygen atoms in total. The predicted octanol–water partition coefficient (Wildman–Crippen LogP) is -0.568. The van der Waals surface area contributed by atoms with Crippen LogP contribution < -0.4 is 16.4 Å². The monoisotopic (exact) mass is 290 g/mol. The van der Waals surface area contributed by atoms with E-state index in [2.05, 4.69) is 10.6 Å². The van der Waals surface area contributed by atoms with Gasteiger partial charge in [-0.05, 0) is 11.6 Å². The normalized spacial score (nSPS) is 15.7. The van der Waals surface area contributed by atoms with Crippen molar-refractivity contribution in [3.8, 4) is 0 Å². The van der Waals surface area contributed by atoms with Gasteiger partial charge in [0.05, 0.1) is 13.1 Å². The number of benzene rings is 1. The molecular weight excluding hydrogens is 272 g/mol. The Labute approximate surface area is 122 Å². The Morgan fingerprint density at radius 2 is 1.90 bits per heavy atom. The fourth-order valence-corrected chi connectivity index (χ4v) is 2.15. The van der Waals surface area contributed by atoms with Gasteiger partial charge in [0.25, 0.3) is 0 Å². The van der Waals surface area contributed by atoms with Crippen LogP contribution in [0.4, 0.5) is 5.69 Å². The van der Waals surface area contributed by atoms with Crippen LogP contribution in [0.2, 0.25) is 0 Å². The Hall–Kier alpha value is -2.25. The van der Waals surface area contributed by atoms with Crippen molar-refractivity contribution >= 4 is 23.4 Å². The summed E-state index contributed by atoms with van der Waals surface area (Å²) >= 11 is 0. The first-order valence-corrected chi connectivity index (χ1v) is 6.71. The number of nitrogens with two attached hydrogens (primary N) is 1. The number of para-hydroxylation sites is 1. The van der Waals surface area contributed by atoms with E-state index in [1.807, 2.05) is 18.2 Å². The molecule has 112 valence electrons. The molecule has 1 heterocycles. The van der Waals surface area contributed by atoms with Gasteiger partial charge in [0.2, 0.25) is 17.7 Å². The zero-order chi connectivity index (χ0) is 15.2. The lowest BCUT2D eigenvalue weighted by Crippen LogP contribution is -2.51. The molecule has 4 N–H and O–H groups in total. The van der Waals surface area contributed by atoms with Gasteiger partial charge in [-0.25, -0.2) is 0 Å². The van der Waals surface area contributed by atoms with Crippen LogP contribution in [0, 0.1) is 0 Å². The molecule has 1 aromatic rings. The first-order chi connectivity index (χ1) is 10.1. The van der Waals surface area contributed by atoms with Crippen molar-refractivity contribution in [1.29, 1.82) is 0 Å². The molecule has 1 aliphatic heterocycles. The summed E-state index contributed by atoms with van der Waals surface area (Å²) in [5, 5.41) is 5.01. The second kappa shape index (κ2) is 6.96. The summed E-state index contributed by atoms with van der Waals surface area (Å²) in [6, 6.07) is 7.32. The van der Waals surface area contributed by atoms with E-state index < -0.39 is 0 Å². The van der Waals surface area contributed by atoms with Crippen molar-refractivity contribution in [2.45, 2.75) is 13.0 Å². The fourth-order valence-electron chi connectivity index (χ4n) is 2.15. The second-order valence-corrected chi connectivity index (χ2v) is 4.84. The topological polar surface area (TPSA) is 105 Å². The van der Waals surface area contributed by atoms with Crippen molar-refractivity contribution in [1.82, 2.24) is 10.2 Å². The van der Waals surface area contributed by atoms with E-state index in [9.17, 15) is 14.4 Å². The van der Waals surface area contributed by atoms with Gasteiger partial charge in [-0.1, -0.05) is 18.2 Å². The number of hydrogen-bond donors (Lipinski definition) is 3. The number of nitrogens with zero attached hydrogens (tertiary/aromatic N) is 1. The number of amides is 3. The molecule has 0 bridgehead atoms. The van der Waals surface area contributed by atoms with E-state index in [1.165, 1.54) is 0 Å². The predicted molar refractivity (Wildman–Crippen MR) is 77.2 cm³/mol. The summed E-state index contributed by atoms with van der Waals surface area (Å²) < 4.78 is 0. The Morgan fingerprint density at radius 1 is 1.24 bits per heavy atom. The Kier molecular flexibility index (Phi) is 5.02. The van der Waals surface area contributed by atoms with Crippen molar-refractivity contribution in [3.05, 3.63) is 29.8 Å². The van der Waals surface area contributed by atoms with Gasteiger partial charge >= 0.3 is 0 Å². The maximum absolute atomic E-state index is 11.9. The highest BCUT2D eigenvalue weighted by Crippen LogP contribution is 2.14. The van der Waals surface area contributed by atoms with Crippen molar-refractivity contribution in [2.75, 3.05) is 25.0 Å². The zero-order valence-corrected chi connectivity index (χ0v) is 11.6. The smallest absolute Gasteiger partial charge is 0.240 e. The van der Waals surface area contributed by atoms with E-state index >= 15 is 0 Å². The van der Waals surface area contributed by atoms with Gasteiger partial charge in [0.1, 0.15) is 0 Å².